The van der Waals surface area contributed by atoms with Crippen LogP contribution < -0.4 is 16.2 Å². The lowest BCUT2D eigenvalue weighted by Gasteiger charge is -2.18. The lowest BCUT2D eigenvalue weighted by molar-refractivity contribution is -0.637. The fraction of sp³-hybridized carbons (Fsp3) is 0.143. The summed E-state index contributed by atoms with van der Waals surface area (Å²) in [7, 11) is 0. The largest absolute Gasteiger partial charge is 0.476 e. The molecule has 3 rings (SSSR count). The highest BCUT2D eigenvalue weighted by molar-refractivity contribution is 5.87. The minimum atomic E-state index is -1.05. The van der Waals surface area contributed by atoms with Gasteiger partial charge in [0.15, 0.2) is 11.5 Å². The van der Waals surface area contributed by atoms with Crippen molar-refractivity contribution in [3.05, 3.63) is 53.5 Å². The van der Waals surface area contributed by atoms with Crippen LogP contribution in [0.2, 0.25) is 0 Å². The molecule has 0 bridgehead atoms. The van der Waals surface area contributed by atoms with Crippen LogP contribution in [0.25, 0.3) is 11.5 Å². The van der Waals surface area contributed by atoms with Crippen molar-refractivity contribution in [2.24, 2.45) is 0 Å². The van der Waals surface area contributed by atoms with Crippen molar-refractivity contribution >= 4 is 17.5 Å². The van der Waals surface area contributed by atoms with Crippen LogP contribution in [-0.2, 0) is 0 Å². The van der Waals surface area contributed by atoms with Crippen LogP contribution in [0.4, 0.5) is 0 Å². The lowest BCUT2D eigenvalue weighted by Crippen LogP contribution is -2.88. The van der Waals surface area contributed by atoms with Crippen molar-refractivity contribution in [1.29, 1.82) is 0 Å². The van der Waals surface area contributed by atoms with E-state index in [-0.39, 0.29) is 5.69 Å². The van der Waals surface area contributed by atoms with Crippen molar-refractivity contribution in [3.8, 4) is 0 Å². The maximum absolute atomic E-state index is 11.2. The molecule has 0 saturated carbocycles. The summed E-state index contributed by atoms with van der Waals surface area (Å²) in [6.45, 7) is 2.77. The number of dihydropyridines is 1. The van der Waals surface area contributed by atoms with E-state index in [4.69, 9.17) is 0 Å². The topological polar surface area (TPSA) is 95.8 Å². The number of carboxylic acid groups (broad SMARTS) is 1. The number of allylic oxidation sites excluding steroid dienone is 4. The first kappa shape index (κ1) is 13.2. The molecule has 5 N–H and O–H groups in total. The SMILES string of the molecule is CC1=CC=C(c2cc(C(=O)O)nn2C2=CC=C[NH2+]N2)NC1. The van der Waals surface area contributed by atoms with Crippen molar-refractivity contribution in [2.45, 2.75) is 6.92 Å². The first-order chi connectivity index (χ1) is 10.1. The maximum Gasteiger partial charge on any atom is 0.356 e. The number of aromatic nitrogens is 2. The number of quaternary nitrogens is 1. The molecule has 21 heavy (non-hydrogen) atoms. The highest BCUT2D eigenvalue weighted by atomic mass is 16.4. The van der Waals surface area contributed by atoms with Gasteiger partial charge in [-0.05, 0) is 25.2 Å². The van der Waals surface area contributed by atoms with E-state index in [0.29, 0.717) is 11.5 Å². The van der Waals surface area contributed by atoms with Gasteiger partial charge in [0.05, 0.1) is 11.4 Å². The van der Waals surface area contributed by atoms with Crippen molar-refractivity contribution in [3.63, 3.8) is 0 Å². The van der Waals surface area contributed by atoms with E-state index < -0.39 is 5.97 Å². The van der Waals surface area contributed by atoms with Gasteiger partial charge in [-0.25, -0.2) is 20.3 Å². The van der Waals surface area contributed by atoms with Crippen LogP contribution >= 0.6 is 0 Å². The first-order valence-corrected chi connectivity index (χ1v) is 6.57. The second-order valence-corrected chi connectivity index (χ2v) is 4.83. The van der Waals surface area contributed by atoms with Crippen molar-refractivity contribution in [1.82, 2.24) is 20.5 Å². The van der Waals surface area contributed by atoms with Crippen LogP contribution in [0.3, 0.4) is 0 Å². The summed E-state index contributed by atoms with van der Waals surface area (Å²) in [5.41, 5.74) is 7.61. The summed E-state index contributed by atoms with van der Waals surface area (Å²) < 4.78 is 1.59. The Bertz CT molecular complexity index is 709. The number of aromatic carboxylic acids is 1. The Labute approximate surface area is 121 Å². The predicted octanol–water partition coefficient (Wildman–Crippen LogP) is -0.135. The molecule has 7 heteroatoms. The predicted molar refractivity (Wildman–Crippen MR) is 77.4 cm³/mol. The third kappa shape index (κ3) is 2.59. The van der Waals surface area contributed by atoms with Gasteiger partial charge in [0.25, 0.3) is 0 Å². The fourth-order valence-electron chi connectivity index (χ4n) is 2.13. The van der Waals surface area contributed by atoms with Gasteiger partial charge in [-0.15, -0.1) is 0 Å². The van der Waals surface area contributed by atoms with Crippen LogP contribution in [-0.4, -0.2) is 27.4 Å². The molecule has 0 fully saturated rings. The van der Waals surface area contributed by atoms with Gasteiger partial charge in [-0.3, -0.25) is 0 Å². The van der Waals surface area contributed by atoms with E-state index in [1.165, 1.54) is 5.57 Å². The summed E-state index contributed by atoms with van der Waals surface area (Å²) in [6.07, 6.45) is 9.51. The Hall–Kier alpha value is -2.80. The number of nitrogens with two attached hydrogens (primary N) is 1. The molecule has 7 nitrogen and oxygen atoms in total. The fourth-order valence-corrected chi connectivity index (χ4v) is 2.13. The summed E-state index contributed by atoms with van der Waals surface area (Å²) in [5, 5.41) is 16.6. The molecule has 2 aliphatic rings. The molecule has 1 aromatic heterocycles. The van der Waals surface area contributed by atoms with Crippen LogP contribution in [0, 0.1) is 0 Å². The van der Waals surface area contributed by atoms with Crippen LogP contribution in [0.1, 0.15) is 23.1 Å². The summed E-state index contributed by atoms with van der Waals surface area (Å²) in [5.74, 6) is -0.344. The zero-order valence-electron chi connectivity index (χ0n) is 11.5. The van der Waals surface area contributed by atoms with Gasteiger partial charge >= 0.3 is 5.97 Å². The molecule has 3 heterocycles. The van der Waals surface area contributed by atoms with Crippen LogP contribution in [0.15, 0.2) is 42.1 Å². The molecule has 0 aromatic carbocycles. The number of rotatable bonds is 3. The molecule has 0 saturated heterocycles. The van der Waals surface area contributed by atoms with Crippen LogP contribution in [0.5, 0.6) is 0 Å². The average molecular weight is 286 g/mol. The zero-order valence-corrected chi connectivity index (χ0v) is 11.5. The zero-order chi connectivity index (χ0) is 14.8. The van der Waals surface area contributed by atoms with E-state index in [2.05, 4.69) is 15.8 Å². The minimum Gasteiger partial charge on any atom is -0.476 e. The molecule has 0 radical (unpaired) electrons. The molecule has 0 spiro atoms. The summed E-state index contributed by atoms with van der Waals surface area (Å²) in [4.78, 5) is 11.2. The smallest absolute Gasteiger partial charge is 0.356 e. The molecular formula is C14H16N5O2+. The standard InChI is InChI=1S/C14H15N5O2/c1-9-4-5-10(15-8-9)12-7-11(14(20)21)18-19(12)13-3-2-6-16-17-13/h2-7,15-17H,8H2,1H3,(H,20,21)/p+1. The molecule has 1 aromatic rings. The third-order valence-electron chi connectivity index (χ3n) is 3.22. The second kappa shape index (κ2) is 5.29. The van der Waals surface area contributed by atoms with E-state index in [9.17, 15) is 9.90 Å². The average Bonchev–Trinajstić information content (AvgIpc) is 2.94. The normalized spacial score (nSPS) is 17.3. The Morgan fingerprint density at radius 1 is 1.43 bits per heavy atom. The first-order valence-electron chi connectivity index (χ1n) is 6.57. The van der Waals surface area contributed by atoms with Gasteiger partial charge < -0.3 is 10.4 Å². The minimum absolute atomic E-state index is 0.0104. The lowest BCUT2D eigenvalue weighted by atomic mass is 10.1. The third-order valence-corrected chi connectivity index (χ3v) is 3.22. The number of nitrogens with zero attached hydrogens (tertiary/aromatic N) is 2. The highest BCUT2D eigenvalue weighted by Gasteiger charge is 2.20. The molecule has 0 unspecified atom stereocenters. The Balaban J connectivity index is 2.08. The van der Waals surface area contributed by atoms with Gasteiger partial charge in [0.2, 0.25) is 0 Å². The van der Waals surface area contributed by atoms with E-state index >= 15 is 0 Å². The van der Waals surface area contributed by atoms with Gasteiger partial charge in [0.1, 0.15) is 6.20 Å². The number of hydrogen-bond acceptors (Lipinski definition) is 4. The maximum atomic E-state index is 11.2. The Kier molecular flexibility index (Phi) is 3.33. The molecule has 108 valence electrons. The molecule has 0 atom stereocenters. The van der Waals surface area contributed by atoms with Gasteiger partial charge in [-0.1, -0.05) is 11.6 Å². The number of nitrogens with one attached hydrogen (secondary N) is 2. The van der Waals surface area contributed by atoms with Crippen molar-refractivity contribution < 1.29 is 15.3 Å². The quantitative estimate of drug-likeness (QED) is 0.580. The highest BCUT2D eigenvalue weighted by Crippen LogP contribution is 2.20. The Morgan fingerprint density at radius 3 is 2.90 bits per heavy atom. The van der Waals surface area contributed by atoms with Gasteiger partial charge in [0, 0.05) is 12.6 Å². The molecule has 0 aliphatic carbocycles. The second-order valence-electron chi connectivity index (χ2n) is 4.83. The summed E-state index contributed by atoms with van der Waals surface area (Å²) in [6, 6.07) is 1.57. The number of carboxylic acids is 1. The monoisotopic (exact) mass is 286 g/mol. The molecule has 2 aliphatic heterocycles. The number of carbonyl (C=O) groups is 1. The van der Waals surface area contributed by atoms with E-state index in [1.807, 2.05) is 37.4 Å². The number of hydrogen-bond donors (Lipinski definition) is 4. The molecule has 0 amide bonds. The van der Waals surface area contributed by atoms with Gasteiger partial charge in [-0.2, -0.15) is 5.10 Å². The Morgan fingerprint density at radius 2 is 2.29 bits per heavy atom. The summed E-state index contributed by atoms with van der Waals surface area (Å²) >= 11 is 0. The van der Waals surface area contributed by atoms with Crippen molar-refractivity contribution in [2.75, 3.05) is 6.54 Å². The van der Waals surface area contributed by atoms with E-state index in [0.717, 1.165) is 12.2 Å². The van der Waals surface area contributed by atoms with E-state index in [1.54, 1.807) is 16.2 Å². The molecular weight excluding hydrogens is 270 g/mol.